The van der Waals surface area contributed by atoms with Gasteiger partial charge in [0.1, 0.15) is 12.4 Å². The third kappa shape index (κ3) is 6.95. The summed E-state index contributed by atoms with van der Waals surface area (Å²) < 4.78 is 17.0. The van der Waals surface area contributed by atoms with Gasteiger partial charge in [-0.1, -0.05) is 45.0 Å². The minimum atomic E-state index is -0.818. The number of amides is 2. The van der Waals surface area contributed by atoms with Gasteiger partial charge in [-0.05, 0) is 29.0 Å². The summed E-state index contributed by atoms with van der Waals surface area (Å²) >= 11 is 1.26. The molecule has 1 aliphatic heterocycles. The first-order valence-electron chi connectivity index (χ1n) is 12.9. The predicted molar refractivity (Wildman–Crippen MR) is 152 cm³/mol. The van der Waals surface area contributed by atoms with Gasteiger partial charge in [0.2, 0.25) is 5.06 Å². The highest BCUT2D eigenvalue weighted by Gasteiger charge is 2.26. The number of nitrogens with one attached hydrogen (secondary N) is 1. The van der Waals surface area contributed by atoms with Gasteiger partial charge in [-0.25, -0.2) is 4.79 Å². The summed E-state index contributed by atoms with van der Waals surface area (Å²) in [5.74, 6) is -0.859. The van der Waals surface area contributed by atoms with Gasteiger partial charge in [-0.3, -0.25) is 14.5 Å². The molecular weight excluding hydrogens is 518 g/mol. The fourth-order valence-corrected chi connectivity index (χ4v) is 5.10. The Bertz CT molecular complexity index is 1350. The molecule has 0 atom stereocenters. The van der Waals surface area contributed by atoms with Crippen molar-refractivity contribution in [3.05, 3.63) is 52.9 Å². The number of nitrogens with zero attached hydrogens (tertiary/aromatic N) is 2. The first-order chi connectivity index (χ1) is 18.5. The number of hydrogen-bond donors (Lipinski definition) is 1. The highest BCUT2D eigenvalue weighted by molar-refractivity contribution is 7.14. The molecule has 0 bridgehead atoms. The van der Waals surface area contributed by atoms with Crippen LogP contribution < -0.4 is 14.8 Å². The lowest BCUT2D eigenvalue weighted by Gasteiger charge is -2.26. The summed E-state index contributed by atoms with van der Waals surface area (Å²) in [6, 6.07) is 12.5. The SMILES string of the molecule is CN(C)C(=O)Oc1sc(C(C)(C)C)cc1NC(=O)C(=O)c1ccc(OCCN2CCOCC2)c2ccccc12. The summed E-state index contributed by atoms with van der Waals surface area (Å²) in [6.07, 6.45) is -0.575. The molecule has 0 aliphatic carbocycles. The number of ether oxygens (including phenoxy) is 3. The van der Waals surface area contributed by atoms with E-state index in [1.54, 1.807) is 38.4 Å². The van der Waals surface area contributed by atoms with Crippen LogP contribution in [0.15, 0.2) is 42.5 Å². The molecule has 1 fully saturated rings. The van der Waals surface area contributed by atoms with Crippen LogP contribution >= 0.6 is 11.3 Å². The Morgan fingerprint density at radius 1 is 1.05 bits per heavy atom. The predicted octanol–water partition coefficient (Wildman–Crippen LogP) is 4.79. The molecule has 2 amide bonds. The van der Waals surface area contributed by atoms with Crippen LogP contribution in [0.25, 0.3) is 10.8 Å². The van der Waals surface area contributed by atoms with Crippen molar-refractivity contribution in [2.75, 3.05) is 58.9 Å². The van der Waals surface area contributed by atoms with Crippen molar-refractivity contribution in [2.45, 2.75) is 26.2 Å². The number of carbonyl (C=O) groups is 3. The molecule has 2 heterocycles. The molecule has 3 aromatic rings. The second kappa shape index (κ2) is 12.1. The maximum atomic E-state index is 13.4. The second-order valence-electron chi connectivity index (χ2n) is 10.6. The molecule has 208 valence electrons. The summed E-state index contributed by atoms with van der Waals surface area (Å²) in [5, 5.41) is 4.29. The van der Waals surface area contributed by atoms with E-state index < -0.39 is 17.8 Å². The second-order valence-corrected chi connectivity index (χ2v) is 11.6. The number of thiophene rings is 1. The van der Waals surface area contributed by atoms with E-state index in [9.17, 15) is 14.4 Å². The topological polar surface area (TPSA) is 97.4 Å². The number of benzene rings is 2. The molecule has 0 unspecified atom stereocenters. The largest absolute Gasteiger partial charge is 0.492 e. The van der Waals surface area contributed by atoms with Crippen LogP contribution in [0, 0.1) is 0 Å². The molecular formula is C29H35N3O6S. The number of hydrogen-bond acceptors (Lipinski definition) is 8. The van der Waals surface area contributed by atoms with E-state index in [-0.39, 0.29) is 21.7 Å². The minimum Gasteiger partial charge on any atom is -0.492 e. The number of morpholine rings is 1. The van der Waals surface area contributed by atoms with Gasteiger partial charge in [0.15, 0.2) is 0 Å². The summed E-state index contributed by atoms with van der Waals surface area (Å²) in [7, 11) is 3.15. The quantitative estimate of drug-likeness (QED) is 0.316. The summed E-state index contributed by atoms with van der Waals surface area (Å²) in [6.45, 7) is 10.5. The standard InChI is InChI=1S/C29H35N3O6S/c1-29(2,3)24-18-22(27(39-24)38-28(35)31(4)5)30-26(34)25(33)21-10-11-23(20-9-7-6-8-19(20)21)37-17-14-32-12-15-36-16-13-32/h6-11,18H,12-17H2,1-5H3,(H,30,34). The average molecular weight is 554 g/mol. The van der Waals surface area contributed by atoms with Gasteiger partial charge in [-0.2, -0.15) is 0 Å². The van der Waals surface area contributed by atoms with Crippen molar-refractivity contribution in [3.8, 4) is 10.8 Å². The molecule has 1 aromatic heterocycles. The van der Waals surface area contributed by atoms with Crippen molar-refractivity contribution >= 4 is 45.6 Å². The van der Waals surface area contributed by atoms with Crippen LogP contribution in [-0.4, -0.2) is 81.1 Å². The van der Waals surface area contributed by atoms with Crippen LogP contribution in [0.2, 0.25) is 0 Å². The molecule has 9 nitrogen and oxygen atoms in total. The molecule has 0 saturated carbocycles. The first kappa shape index (κ1) is 28.5. The van der Waals surface area contributed by atoms with E-state index in [1.165, 1.54) is 16.2 Å². The van der Waals surface area contributed by atoms with E-state index in [2.05, 4.69) is 10.2 Å². The van der Waals surface area contributed by atoms with Crippen molar-refractivity contribution in [2.24, 2.45) is 0 Å². The maximum Gasteiger partial charge on any atom is 0.415 e. The van der Waals surface area contributed by atoms with E-state index in [0.717, 1.165) is 43.1 Å². The highest BCUT2D eigenvalue weighted by atomic mass is 32.1. The van der Waals surface area contributed by atoms with Crippen molar-refractivity contribution in [1.82, 2.24) is 9.80 Å². The van der Waals surface area contributed by atoms with E-state index >= 15 is 0 Å². The summed E-state index contributed by atoms with van der Waals surface area (Å²) in [5.41, 5.74) is 0.303. The Labute approximate surface area is 232 Å². The van der Waals surface area contributed by atoms with Gasteiger partial charge in [-0.15, -0.1) is 11.3 Å². The fourth-order valence-electron chi connectivity index (χ4n) is 4.08. The Morgan fingerprint density at radius 2 is 1.74 bits per heavy atom. The van der Waals surface area contributed by atoms with E-state index in [1.807, 2.05) is 39.0 Å². The zero-order valence-corrected chi connectivity index (χ0v) is 23.9. The molecule has 4 rings (SSSR count). The molecule has 1 saturated heterocycles. The Kier molecular flexibility index (Phi) is 8.89. The lowest BCUT2D eigenvalue weighted by atomic mass is 9.95. The molecule has 1 N–H and O–H groups in total. The zero-order chi connectivity index (χ0) is 28.2. The van der Waals surface area contributed by atoms with Crippen LogP contribution in [0.3, 0.4) is 0 Å². The Balaban J connectivity index is 1.53. The van der Waals surface area contributed by atoms with Crippen molar-refractivity contribution in [3.63, 3.8) is 0 Å². The lowest BCUT2D eigenvalue weighted by Crippen LogP contribution is -2.38. The molecule has 2 aromatic carbocycles. The van der Waals surface area contributed by atoms with E-state index in [0.29, 0.717) is 17.7 Å². The van der Waals surface area contributed by atoms with Gasteiger partial charge >= 0.3 is 6.09 Å². The fraction of sp³-hybridized carbons (Fsp3) is 0.414. The smallest absolute Gasteiger partial charge is 0.415 e. The average Bonchev–Trinajstić information content (AvgIpc) is 3.31. The minimum absolute atomic E-state index is 0.230. The number of Topliss-reactive ketones (excluding diaryl/α,β-unsaturated/α-hetero) is 1. The van der Waals surface area contributed by atoms with Crippen LogP contribution in [0.4, 0.5) is 10.5 Å². The number of fused-ring (bicyclic) bond motifs is 1. The van der Waals surface area contributed by atoms with Crippen LogP contribution in [0.1, 0.15) is 36.0 Å². The Hall–Kier alpha value is -3.47. The third-order valence-electron chi connectivity index (χ3n) is 6.33. The number of anilines is 1. The number of ketones is 1. The van der Waals surface area contributed by atoms with Crippen LogP contribution in [-0.2, 0) is 14.9 Å². The number of carbonyl (C=O) groups excluding carboxylic acids is 3. The zero-order valence-electron chi connectivity index (χ0n) is 23.0. The molecule has 39 heavy (non-hydrogen) atoms. The molecule has 10 heteroatoms. The third-order valence-corrected chi connectivity index (χ3v) is 7.77. The monoisotopic (exact) mass is 553 g/mol. The van der Waals surface area contributed by atoms with Gasteiger partial charge in [0.05, 0.1) is 18.9 Å². The highest BCUT2D eigenvalue weighted by Crippen LogP contribution is 2.41. The van der Waals surface area contributed by atoms with E-state index in [4.69, 9.17) is 14.2 Å². The molecule has 1 aliphatic rings. The lowest BCUT2D eigenvalue weighted by molar-refractivity contribution is -0.112. The van der Waals surface area contributed by atoms with Crippen LogP contribution in [0.5, 0.6) is 10.8 Å². The van der Waals surface area contributed by atoms with Crippen molar-refractivity contribution < 1.29 is 28.6 Å². The van der Waals surface area contributed by atoms with Crippen molar-refractivity contribution in [1.29, 1.82) is 0 Å². The van der Waals surface area contributed by atoms with Gasteiger partial charge < -0.3 is 24.4 Å². The normalized spacial score (nSPS) is 14.2. The molecule has 0 spiro atoms. The van der Waals surface area contributed by atoms with Gasteiger partial charge in [0.25, 0.3) is 11.7 Å². The molecule has 0 radical (unpaired) electrons. The maximum absolute atomic E-state index is 13.4. The first-order valence-corrected chi connectivity index (χ1v) is 13.7. The summed E-state index contributed by atoms with van der Waals surface area (Å²) in [4.78, 5) is 43.2. The Morgan fingerprint density at radius 3 is 2.41 bits per heavy atom. The van der Waals surface area contributed by atoms with Gasteiger partial charge in [0, 0.05) is 49.6 Å². The number of rotatable bonds is 8.